The normalized spacial score (nSPS) is 18.8. The minimum absolute atomic E-state index is 0.208. The Balaban J connectivity index is 1.53. The second-order valence-corrected chi connectivity index (χ2v) is 7.00. The van der Waals surface area contributed by atoms with E-state index in [-0.39, 0.29) is 6.04 Å². The Morgan fingerprint density at radius 3 is 2.62 bits per heavy atom. The van der Waals surface area contributed by atoms with Crippen molar-refractivity contribution in [1.82, 2.24) is 15.1 Å². The predicted octanol–water partition coefficient (Wildman–Crippen LogP) is 1.14. The average Bonchev–Trinajstić information content (AvgIpc) is 3.28. The first-order chi connectivity index (χ1) is 11.6. The van der Waals surface area contributed by atoms with Gasteiger partial charge < -0.3 is 5.32 Å². The highest BCUT2D eigenvalue weighted by Gasteiger charge is 2.48. The van der Waals surface area contributed by atoms with Crippen molar-refractivity contribution in [2.24, 2.45) is 0 Å². The Morgan fingerprint density at radius 2 is 1.96 bits per heavy atom. The van der Waals surface area contributed by atoms with E-state index in [1.807, 2.05) is 17.5 Å². The molecule has 128 valence electrons. The molecule has 1 aliphatic heterocycles. The summed E-state index contributed by atoms with van der Waals surface area (Å²) in [5.74, 6) is -2.15. The van der Waals surface area contributed by atoms with E-state index in [9.17, 15) is 19.2 Å². The van der Waals surface area contributed by atoms with Crippen LogP contribution in [0, 0.1) is 0 Å². The number of imide groups is 2. The number of hydrogen-bond acceptors (Lipinski definition) is 5. The van der Waals surface area contributed by atoms with Crippen LogP contribution in [-0.2, 0) is 20.8 Å². The van der Waals surface area contributed by atoms with Gasteiger partial charge in [-0.1, -0.05) is 18.9 Å². The summed E-state index contributed by atoms with van der Waals surface area (Å²) in [7, 11) is 0. The van der Waals surface area contributed by atoms with Gasteiger partial charge in [-0.2, -0.15) is 0 Å². The highest BCUT2D eigenvalue weighted by molar-refractivity contribution is 7.09. The van der Waals surface area contributed by atoms with Crippen molar-refractivity contribution in [1.29, 1.82) is 0 Å². The summed E-state index contributed by atoms with van der Waals surface area (Å²) < 4.78 is 0. The monoisotopic (exact) mass is 349 g/mol. The van der Waals surface area contributed by atoms with Crippen LogP contribution in [-0.4, -0.2) is 52.7 Å². The molecule has 24 heavy (non-hydrogen) atoms. The first kappa shape index (κ1) is 16.6. The van der Waals surface area contributed by atoms with E-state index >= 15 is 0 Å². The zero-order chi connectivity index (χ0) is 17.1. The summed E-state index contributed by atoms with van der Waals surface area (Å²) >= 11 is 1.60. The molecule has 0 radical (unpaired) electrons. The van der Waals surface area contributed by atoms with E-state index in [2.05, 4.69) is 5.32 Å². The molecule has 2 aliphatic rings. The molecule has 0 atom stereocenters. The van der Waals surface area contributed by atoms with Crippen LogP contribution in [0.25, 0.3) is 0 Å². The van der Waals surface area contributed by atoms with E-state index in [0.717, 1.165) is 40.4 Å². The van der Waals surface area contributed by atoms with Crippen molar-refractivity contribution >= 4 is 35.1 Å². The molecule has 1 aromatic heterocycles. The molecular weight excluding hydrogens is 330 g/mol. The van der Waals surface area contributed by atoms with Crippen molar-refractivity contribution in [2.75, 3.05) is 13.1 Å². The molecule has 0 aromatic carbocycles. The molecule has 1 aliphatic carbocycles. The molecule has 1 saturated heterocycles. The van der Waals surface area contributed by atoms with E-state index in [1.54, 1.807) is 11.3 Å². The molecule has 0 unspecified atom stereocenters. The maximum absolute atomic E-state index is 12.3. The van der Waals surface area contributed by atoms with Crippen LogP contribution in [0.4, 0.5) is 4.79 Å². The first-order valence-corrected chi connectivity index (χ1v) is 8.94. The number of urea groups is 1. The number of amides is 5. The van der Waals surface area contributed by atoms with Gasteiger partial charge in [0.1, 0.15) is 6.54 Å². The van der Waals surface area contributed by atoms with E-state index in [4.69, 9.17) is 0 Å². The van der Waals surface area contributed by atoms with Crippen LogP contribution in [0.3, 0.4) is 0 Å². The molecule has 0 spiro atoms. The second-order valence-electron chi connectivity index (χ2n) is 5.97. The highest BCUT2D eigenvalue weighted by Crippen LogP contribution is 2.27. The van der Waals surface area contributed by atoms with Crippen LogP contribution in [0.2, 0.25) is 0 Å². The molecule has 5 amide bonds. The fraction of sp³-hybridized carbons (Fsp3) is 0.500. The summed E-state index contributed by atoms with van der Waals surface area (Å²) in [5.41, 5.74) is 0. The molecule has 1 saturated carbocycles. The van der Waals surface area contributed by atoms with Crippen molar-refractivity contribution in [3.63, 3.8) is 0 Å². The summed E-state index contributed by atoms with van der Waals surface area (Å²) in [6.45, 7) is 0.0208. The van der Waals surface area contributed by atoms with Gasteiger partial charge in [-0.05, 0) is 30.7 Å². The van der Waals surface area contributed by atoms with Gasteiger partial charge in [-0.15, -0.1) is 11.3 Å². The predicted molar refractivity (Wildman–Crippen MR) is 87.2 cm³/mol. The van der Waals surface area contributed by atoms with Gasteiger partial charge in [0.05, 0.1) is 0 Å². The third-order valence-electron chi connectivity index (χ3n) is 4.35. The largest absolute Gasteiger partial charge is 0.354 e. The van der Waals surface area contributed by atoms with E-state index < -0.39 is 30.3 Å². The molecule has 1 aromatic rings. The van der Waals surface area contributed by atoms with Gasteiger partial charge in [0.25, 0.3) is 0 Å². The summed E-state index contributed by atoms with van der Waals surface area (Å²) in [6.07, 6.45) is 4.04. The zero-order valence-corrected chi connectivity index (χ0v) is 14.0. The minimum atomic E-state index is -0.902. The topological polar surface area (TPSA) is 86.8 Å². The SMILES string of the molecule is O=C(CN1C(=O)C(=O)N(C2CCCC2)C1=O)NCCc1cccs1. The lowest BCUT2D eigenvalue weighted by atomic mass is 10.2. The smallest absolute Gasteiger partial charge is 0.334 e. The molecular formula is C16H19N3O4S. The molecule has 7 nitrogen and oxygen atoms in total. The maximum Gasteiger partial charge on any atom is 0.334 e. The van der Waals surface area contributed by atoms with Gasteiger partial charge in [-0.25, -0.2) is 9.69 Å². The number of hydrogen-bond donors (Lipinski definition) is 1. The lowest BCUT2D eigenvalue weighted by Gasteiger charge is -2.20. The number of nitrogens with zero attached hydrogens (tertiary/aromatic N) is 2. The van der Waals surface area contributed by atoms with Crippen LogP contribution in [0.15, 0.2) is 17.5 Å². The highest BCUT2D eigenvalue weighted by atomic mass is 32.1. The third kappa shape index (κ3) is 3.33. The summed E-state index contributed by atoms with van der Waals surface area (Å²) in [4.78, 5) is 51.3. The lowest BCUT2D eigenvalue weighted by molar-refractivity contribution is -0.144. The molecule has 3 rings (SSSR count). The van der Waals surface area contributed by atoms with Gasteiger partial charge in [0.15, 0.2) is 0 Å². The lowest BCUT2D eigenvalue weighted by Crippen LogP contribution is -2.43. The average molecular weight is 349 g/mol. The Bertz CT molecular complexity index is 652. The van der Waals surface area contributed by atoms with Gasteiger partial charge in [-0.3, -0.25) is 19.3 Å². The number of thiophene rings is 1. The first-order valence-electron chi connectivity index (χ1n) is 8.06. The van der Waals surface area contributed by atoms with Crippen LogP contribution >= 0.6 is 11.3 Å². The Hall–Kier alpha value is -2.22. The second kappa shape index (κ2) is 7.12. The summed E-state index contributed by atoms with van der Waals surface area (Å²) in [5, 5.41) is 4.64. The van der Waals surface area contributed by atoms with Crippen LogP contribution < -0.4 is 5.32 Å². The molecule has 2 heterocycles. The quantitative estimate of drug-likeness (QED) is 0.616. The van der Waals surface area contributed by atoms with Crippen LogP contribution in [0.5, 0.6) is 0 Å². The number of carbonyl (C=O) groups excluding carboxylic acids is 4. The minimum Gasteiger partial charge on any atom is -0.354 e. The van der Waals surface area contributed by atoms with Crippen molar-refractivity contribution in [3.8, 4) is 0 Å². The Labute approximate surface area is 143 Å². The number of rotatable bonds is 6. The van der Waals surface area contributed by atoms with Crippen molar-refractivity contribution in [2.45, 2.75) is 38.1 Å². The maximum atomic E-state index is 12.3. The Morgan fingerprint density at radius 1 is 1.21 bits per heavy atom. The van der Waals surface area contributed by atoms with Gasteiger partial charge >= 0.3 is 17.8 Å². The van der Waals surface area contributed by atoms with Gasteiger partial charge in [0.2, 0.25) is 5.91 Å². The Kier molecular flexibility index (Phi) is 4.94. The molecule has 0 bridgehead atoms. The molecule has 2 fully saturated rings. The fourth-order valence-electron chi connectivity index (χ4n) is 3.13. The van der Waals surface area contributed by atoms with Crippen molar-refractivity contribution < 1.29 is 19.2 Å². The zero-order valence-electron chi connectivity index (χ0n) is 13.2. The van der Waals surface area contributed by atoms with Crippen LogP contribution in [0.1, 0.15) is 30.6 Å². The van der Waals surface area contributed by atoms with Crippen molar-refractivity contribution in [3.05, 3.63) is 22.4 Å². The standard InChI is InChI=1S/C16H19N3O4S/c20-13(17-8-7-12-6-3-9-24-12)10-18-14(21)15(22)19(16(18)23)11-4-1-2-5-11/h3,6,9,11H,1-2,4-5,7-8,10H2,(H,17,20). The third-order valence-corrected chi connectivity index (χ3v) is 5.29. The summed E-state index contributed by atoms with van der Waals surface area (Å²) in [6, 6.07) is 3.04. The molecule has 1 N–H and O–H groups in total. The molecule has 8 heteroatoms. The van der Waals surface area contributed by atoms with E-state index in [1.165, 1.54) is 0 Å². The fourth-order valence-corrected chi connectivity index (χ4v) is 3.83. The number of carbonyl (C=O) groups is 4. The van der Waals surface area contributed by atoms with Gasteiger partial charge in [0, 0.05) is 17.5 Å². The van der Waals surface area contributed by atoms with E-state index in [0.29, 0.717) is 13.0 Å². The number of nitrogens with one attached hydrogen (secondary N) is 1.